The highest BCUT2D eigenvalue weighted by Crippen LogP contribution is 2.13. The second-order valence-electron chi connectivity index (χ2n) is 5.33. The van der Waals surface area contributed by atoms with Crippen molar-refractivity contribution in [2.24, 2.45) is 0 Å². The van der Waals surface area contributed by atoms with Crippen LogP contribution in [-0.4, -0.2) is 43.1 Å². The van der Waals surface area contributed by atoms with Gasteiger partial charge in [-0.15, -0.1) is 0 Å². The lowest BCUT2D eigenvalue weighted by Gasteiger charge is -2.14. The fourth-order valence-electron chi connectivity index (χ4n) is 2.04. The van der Waals surface area contributed by atoms with Crippen molar-refractivity contribution < 1.29 is 13.6 Å². The number of hydrogen-bond acceptors (Lipinski definition) is 5. The van der Waals surface area contributed by atoms with Gasteiger partial charge in [0.2, 0.25) is 0 Å². The first-order valence-electron chi connectivity index (χ1n) is 7.37. The van der Waals surface area contributed by atoms with Crippen molar-refractivity contribution in [1.29, 1.82) is 0 Å². The van der Waals surface area contributed by atoms with Gasteiger partial charge in [0.15, 0.2) is 0 Å². The number of carbonyl (C=O) groups is 1. The second-order valence-corrected chi connectivity index (χ2v) is 5.33. The first-order valence-corrected chi connectivity index (χ1v) is 7.37. The molecule has 0 aliphatic rings. The van der Waals surface area contributed by atoms with Crippen LogP contribution in [0.15, 0.2) is 24.3 Å². The van der Waals surface area contributed by atoms with E-state index < -0.39 is 23.1 Å². The molecule has 0 aliphatic carbocycles. The summed E-state index contributed by atoms with van der Waals surface area (Å²) in [7, 11) is 3.74. The van der Waals surface area contributed by atoms with Crippen molar-refractivity contribution in [3.8, 4) is 0 Å². The molecule has 0 saturated carbocycles. The summed E-state index contributed by atoms with van der Waals surface area (Å²) in [5.74, 6) is -0.591. The van der Waals surface area contributed by atoms with Gasteiger partial charge in [-0.2, -0.15) is 0 Å². The molecule has 2 N–H and O–H groups in total. The summed E-state index contributed by atoms with van der Waals surface area (Å²) >= 11 is 0. The zero-order chi connectivity index (χ0) is 17.7. The highest BCUT2D eigenvalue weighted by atomic mass is 19.1. The standard InChI is InChI=1S/C16H19F2N5O/c1-10-21-13(9-14(22-10)23(2)3)19-7-8-20-16(24)15-11(17)5-4-6-12(15)18/h4-6,9H,7-8H2,1-3H3,(H,20,24)(H,19,21,22). The highest BCUT2D eigenvalue weighted by molar-refractivity contribution is 5.94. The third kappa shape index (κ3) is 4.37. The normalized spacial score (nSPS) is 10.4. The van der Waals surface area contributed by atoms with Crippen LogP contribution in [0.25, 0.3) is 0 Å². The Bertz CT molecular complexity index is 716. The molecule has 0 spiro atoms. The molecule has 2 rings (SSSR count). The average Bonchev–Trinajstić information content (AvgIpc) is 2.51. The molecule has 0 radical (unpaired) electrons. The quantitative estimate of drug-likeness (QED) is 0.790. The largest absolute Gasteiger partial charge is 0.368 e. The van der Waals surface area contributed by atoms with Crippen LogP contribution in [0, 0.1) is 18.6 Å². The SMILES string of the molecule is Cc1nc(NCCNC(=O)c2c(F)cccc2F)cc(N(C)C)n1. The van der Waals surface area contributed by atoms with Crippen LogP contribution < -0.4 is 15.5 Å². The monoisotopic (exact) mass is 335 g/mol. The first-order chi connectivity index (χ1) is 11.4. The van der Waals surface area contributed by atoms with Crippen LogP contribution in [0.4, 0.5) is 20.4 Å². The third-order valence-corrected chi connectivity index (χ3v) is 3.19. The molecular weight excluding hydrogens is 316 g/mol. The number of carbonyl (C=O) groups excluding carboxylic acids is 1. The summed E-state index contributed by atoms with van der Waals surface area (Å²) < 4.78 is 27.0. The lowest BCUT2D eigenvalue weighted by atomic mass is 10.2. The first kappa shape index (κ1) is 17.6. The minimum absolute atomic E-state index is 0.187. The maximum Gasteiger partial charge on any atom is 0.257 e. The van der Waals surface area contributed by atoms with Crippen LogP contribution in [0.2, 0.25) is 0 Å². The maximum atomic E-state index is 13.5. The maximum absolute atomic E-state index is 13.5. The molecule has 24 heavy (non-hydrogen) atoms. The summed E-state index contributed by atoms with van der Waals surface area (Å²) in [5.41, 5.74) is -0.578. The Morgan fingerprint density at radius 3 is 2.46 bits per heavy atom. The van der Waals surface area contributed by atoms with E-state index in [9.17, 15) is 13.6 Å². The number of nitrogens with zero attached hydrogens (tertiary/aromatic N) is 3. The van der Waals surface area contributed by atoms with Crippen LogP contribution >= 0.6 is 0 Å². The lowest BCUT2D eigenvalue weighted by Crippen LogP contribution is -2.30. The van der Waals surface area contributed by atoms with Crippen molar-refractivity contribution in [3.05, 3.63) is 47.3 Å². The molecule has 2 aromatic rings. The summed E-state index contributed by atoms with van der Waals surface area (Å²) in [4.78, 5) is 22.2. The van der Waals surface area contributed by atoms with E-state index in [-0.39, 0.29) is 6.54 Å². The van der Waals surface area contributed by atoms with Crippen molar-refractivity contribution in [2.45, 2.75) is 6.92 Å². The van der Waals surface area contributed by atoms with Crippen molar-refractivity contribution in [2.75, 3.05) is 37.4 Å². The predicted octanol–water partition coefficient (Wildman–Crippen LogP) is 1.97. The van der Waals surface area contributed by atoms with Crippen LogP contribution in [0.5, 0.6) is 0 Å². The summed E-state index contributed by atoms with van der Waals surface area (Å²) in [5, 5.41) is 5.50. The van der Waals surface area contributed by atoms with E-state index >= 15 is 0 Å². The van der Waals surface area contributed by atoms with Crippen LogP contribution in [-0.2, 0) is 0 Å². The topological polar surface area (TPSA) is 70.2 Å². The van der Waals surface area contributed by atoms with E-state index in [1.54, 1.807) is 13.0 Å². The highest BCUT2D eigenvalue weighted by Gasteiger charge is 2.16. The van der Waals surface area contributed by atoms with E-state index in [0.717, 1.165) is 18.0 Å². The van der Waals surface area contributed by atoms with Gasteiger partial charge in [0, 0.05) is 33.3 Å². The molecule has 0 saturated heterocycles. The molecule has 0 fully saturated rings. The third-order valence-electron chi connectivity index (χ3n) is 3.19. The van der Waals surface area contributed by atoms with E-state index in [2.05, 4.69) is 20.6 Å². The second kappa shape index (κ2) is 7.67. The summed E-state index contributed by atoms with van der Waals surface area (Å²) in [6, 6.07) is 5.07. The Balaban J connectivity index is 1.90. The molecule has 0 aliphatic heterocycles. The minimum Gasteiger partial charge on any atom is -0.368 e. The number of anilines is 2. The molecule has 6 nitrogen and oxygen atoms in total. The smallest absolute Gasteiger partial charge is 0.257 e. The van der Waals surface area contributed by atoms with E-state index in [0.29, 0.717) is 18.2 Å². The Morgan fingerprint density at radius 1 is 1.17 bits per heavy atom. The van der Waals surface area contributed by atoms with E-state index in [1.807, 2.05) is 19.0 Å². The molecular formula is C16H19F2N5O. The summed E-state index contributed by atoms with van der Waals surface area (Å²) in [6.45, 7) is 2.32. The van der Waals surface area contributed by atoms with Gasteiger partial charge in [-0.25, -0.2) is 18.7 Å². The number of aryl methyl sites for hydroxylation is 1. The molecule has 1 aromatic carbocycles. The Morgan fingerprint density at radius 2 is 1.83 bits per heavy atom. The Hall–Kier alpha value is -2.77. The van der Waals surface area contributed by atoms with Gasteiger partial charge in [-0.1, -0.05) is 6.07 Å². The number of amides is 1. The molecule has 1 aromatic heterocycles. The zero-order valence-electron chi connectivity index (χ0n) is 13.7. The summed E-state index contributed by atoms with van der Waals surface area (Å²) in [6.07, 6.45) is 0. The fourth-order valence-corrected chi connectivity index (χ4v) is 2.04. The number of hydrogen-bond donors (Lipinski definition) is 2. The van der Waals surface area contributed by atoms with Gasteiger partial charge in [0.05, 0.1) is 0 Å². The number of halogens is 2. The van der Waals surface area contributed by atoms with Crippen LogP contribution in [0.3, 0.4) is 0 Å². The van der Waals surface area contributed by atoms with E-state index in [4.69, 9.17) is 0 Å². The predicted molar refractivity (Wildman–Crippen MR) is 88.3 cm³/mol. The van der Waals surface area contributed by atoms with Gasteiger partial charge >= 0.3 is 0 Å². The fraction of sp³-hybridized carbons (Fsp3) is 0.312. The van der Waals surface area contributed by atoms with Crippen molar-refractivity contribution in [3.63, 3.8) is 0 Å². The number of benzene rings is 1. The molecule has 1 amide bonds. The Kier molecular flexibility index (Phi) is 5.62. The van der Waals surface area contributed by atoms with Crippen molar-refractivity contribution in [1.82, 2.24) is 15.3 Å². The van der Waals surface area contributed by atoms with Gasteiger partial charge in [0.1, 0.15) is 34.7 Å². The zero-order valence-corrected chi connectivity index (χ0v) is 13.7. The molecule has 0 bridgehead atoms. The van der Waals surface area contributed by atoms with Gasteiger partial charge in [-0.3, -0.25) is 4.79 Å². The number of nitrogens with one attached hydrogen (secondary N) is 2. The molecule has 0 unspecified atom stereocenters. The average molecular weight is 335 g/mol. The molecule has 8 heteroatoms. The van der Waals surface area contributed by atoms with E-state index in [1.165, 1.54) is 6.07 Å². The van der Waals surface area contributed by atoms with Gasteiger partial charge in [-0.05, 0) is 19.1 Å². The van der Waals surface area contributed by atoms with Crippen LogP contribution in [0.1, 0.15) is 16.2 Å². The molecule has 128 valence electrons. The minimum atomic E-state index is -0.887. The number of rotatable bonds is 6. The Labute approximate surface area is 138 Å². The van der Waals surface area contributed by atoms with Gasteiger partial charge in [0.25, 0.3) is 5.91 Å². The molecule has 0 atom stereocenters. The molecule has 1 heterocycles. The van der Waals surface area contributed by atoms with Crippen molar-refractivity contribution >= 4 is 17.5 Å². The number of aromatic nitrogens is 2. The lowest BCUT2D eigenvalue weighted by molar-refractivity contribution is 0.0946. The van der Waals surface area contributed by atoms with Gasteiger partial charge < -0.3 is 15.5 Å².